The lowest BCUT2D eigenvalue weighted by molar-refractivity contribution is 0.432. The van der Waals surface area contributed by atoms with Gasteiger partial charge in [0.1, 0.15) is 5.75 Å². The minimum Gasteiger partial charge on any atom is -0.508 e. The van der Waals surface area contributed by atoms with Gasteiger partial charge in [-0.2, -0.15) is 0 Å². The van der Waals surface area contributed by atoms with Gasteiger partial charge in [-0.1, -0.05) is 26.5 Å². The topological polar surface area (TPSA) is 52.8 Å². The summed E-state index contributed by atoms with van der Waals surface area (Å²) in [6, 6.07) is 7.25. The normalized spacial score (nSPS) is 10.7. The average Bonchev–Trinajstić information content (AvgIpc) is 2.54. The van der Waals surface area contributed by atoms with Crippen LogP contribution in [0.5, 0.6) is 11.5 Å². The van der Waals surface area contributed by atoms with E-state index in [0.717, 1.165) is 11.1 Å². The van der Waals surface area contributed by atoms with Crippen molar-refractivity contribution in [3.63, 3.8) is 0 Å². The van der Waals surface area contributed by atoms with E-state index in [0.29, 0.717) is 17.0 Å². The molecule has 0 bridgehead atoms. The molecule has 0 spiro atoms. The summed E-state index contributed by atoms with van der Waals surface area (Å²) in [7, 11) is 0. The maximum Gasteiger partial charge on any atom is 0.165 e. The molecule has 0 amide bonds. The molecule has 0 saturated heterocycles. The van der Waals surface area contributed by atoms with Crippen molar-refractivity contribution in [2.24, 2.45) is 4.99 Å². The number of nitrogens with zero attached hydrogens (tertiary/aromatic N) is 1. The highest BCUT2D eigenvalue weighted by Gasteiger charge is 2.07. The van der Waals surface area contributed by atoms with Crippen molar-refractivity contribution in [2.45, 2.75) is 27.7 Å². The Morgan fingerprint density at radius 1 is 1.17 bits per heavy atom. The molecular formula is C19H22FNO2. The molecule has 0 aliphatic heterocycles. The molecule has 0 atom stereocenters. The van der Waals surface area contributed by atoms with Gasteiger partial charge in [0, 0.05) is 11.8 Å². The molecule has 2 aromatic rings. The van der Waals surface area contributed by atoms with Crippen molar-refractivity contribution in [1.82, 2.24) is 0 Å². The Kier molecular flexibility index (Phi) is 6.51. The van der Waals surface area contributed by atoms with Gasteiger partial charge < -0.3 is 10.2 Å². The number of benzene rings is 2. The first-order valence-electron chi connectivity index (χ1n) is 7.42. The van der Waals surface area contributed by atoms with Crippen LogP contribution in [0.4, 0.5) is 10.1 Å². The third-order valence-electron chi connectivity index (χ3n) is 3.28. The first-order chi connectivity index (χ1) is 10.9. The Morgan fingerprint density at radius 2 is 1.83 bits per heavy atom. The Morgan fingerprint density at radius 3 is 2.39 bits per heavy atom. The molecule has 4 heteroatoms. The highest BCUT2D eigenvalue weighted by Crippen LogP contribution is 2.29. The fraction of sp³-hybridized carbons (Fsp3) is 0.211. The third kappa shape index (κ3) is 4.42. The van der Waals surface area contributed by atoms with Crippen LogP contribution in [0.1, 0.15) is 37.5 Å². The minimum atomic E-state index is -0.693. The number of halogens is 1. The first-order valence-corrected chi connectivity index (χ1v) is 7.42. The Labute approximate surface area is 136 Å². The van der Waals surface area contributed by atoms with Crippen LogP contribution in [0.15, 0.2) is 41.9 Å². The van der Waals surface area contributed by atoms with E-state index in [1.165, 1.54) is 12.1 Å². The van der Waals surface area contributed by atoms with Crippen molar-refractivity contribution >= 4 is 17.5 Å². The lowest BCUT2D eigenvalue weighted by atomic mass is 10.1. The van der Waals surface area contributed by atoms with Gasteiger partial charge in [-0.05, 0) is 54.8 Å². The predicted molar refractivity (Wildman–Crippen MR) is 94.2 cm³/mol. The summed E-state index contributed by atoms with van der Waals surface area (Å²) < 4.78 is 13.4. The molecule has 0 fully saturated rings. The second-order valence-electron chi connectivity index (χ2n) is 4.75. The van der Waals surface area contributed by atoms with Crippen molar-refractivity contribution in [3.8, 4) is 11.5 Å². The van der Waals surface area contributed by atoms with Gasteiger partial charge in [-0.3, -0.25) is 4.99 Å². The van der Waals surface area contributed by atoms with Gasteiger partial charge >= 0.3 is 0 Å². The van der Waals surface area contributed by atoms with Crippen LogP contribution in [0.3, 0.4) is 0 Å². The third-order valence-corrected chi connectivity index (χ3v) is 3.28. The standard InChI is InChI=1S/C17H16FNO2.C2H6/c1-4-12-7-14(20)9-16(10(12)2)19-11(3)13-5-6-17(21)15(18)8-13;1-2/h4-9,20-21H,1H2,2-3H3;1-2H3. The summed E-state index contributed by atoms with van der Waals surface area (Å²) in [6.07, 6.45) is 1.64. The highest BCUT2D eigenvalue weighted by atomic mass is 19.1. The molecule has 0 heterocycles. The number of phenolic OH excluding ortho intramolecular Hbond substituents is 2. The second kappa shape index (κ2) is 8.13. The molecule has 2 aromatic carbocycles. The molecule has 0 saturated carbocycles. The van der Waals surface area contributed by atoms with E-state index < -0.39 is 11.6 Å². The summed E-state index contributed by atoms with van der Waals surface area (Å²) in [5, 5.41) is 18.9. The fourth-order valence-electron chi connectivity index (χ4n) is 2.01. The van der Waals surface area contributed by atoms with Gasteiger partial charge in [0.2, 0.25) is 0 Å². The largest absolute Gasteiger partial charge is 0.508 e. The van der Waals surface area contributed by atoms with Crippen LogP contribution in [0.25, 0.3) is 6.08 Å². The Balaban J connectivity index is 0.00000127. The summed E-state index contributed by atoms with van der Waals surface area (Å²) in [4.78, 5) is 4.43. The number of hydrogen-bond acceptors (Lipinski definition) is 3. The zero-order valence-electron chi connectivity index (χ0n) is 13.9. The number of rotatable bonds is 3. The molecule has 0 aliphatic carbocycles. The summed E-state index contributed by atoms with van der Waals surface area (Å²) in [6.45, 7) is 11.3. The number of aliphatic imine (C=N–C) groups is 1. The fourth-order valence-corrected chi connectivity index (χ4v) is 2.01. The van der Waals surface area contributed by atoms with E-state index >= 15 is 0 Å². The number of aromatic hydroxyl groups is 2. The maximum atomic E-state index is 13.4. The molecular weight excluding hydrogens is 293 g/mol. The van der Waals surface area contributed by atoms with Crippen LogP contribution in [0, 0.1) is 12.7 Å². The average molecular weight is 315 g/mol. The first kappa shape index (κ1) is 18.4. The zero-order valence-corrected chi connectivity index (χ0v) is 13.9. The number of phenols is 2. The van der Waals surface area contributed by atoms with Crippen molar-refractivity contribution in [3.05, 3.63) is 59.4 Å². The minimum absolute atomic E-state index is 0.0962. The van der Waals surface area contributed by atoms with Gasteiger partial charge in [-0.25, -0.2) is 4.39 Å². The van der Waals surface area contributed by atoms with Crippen molar-refractivity contribution in [1.29, 1.82) is 0 Å². The van der Waals surface area contributed by atoms with Crippen LogP contribution in [0.2, 0.25) is 0 Å². The Hall–Kier alpha value is -2.62. The van der Waals surface area contributed by atoms with E-state index in [4.69, 9.17) is 0 Å². The van der Waals surface area contributed by atoms with E-state index in [1.807, 2.05) is 20.8 Å². The molecule has 3 nitrogen and oxygen atoms in total. The van der Waals surface area contributed by atoms with E-state index in [1.54, 1.807) is 31.2 Å². The molecule has 0 aromatic heterocycles. The molecule has 2 rings (SSSR count). The maximum absolute atomic E-state index is 13.4. The predicted octanol–water partition coefficient (Wildman–Crippen LogP) is 5.36. The monoisotopic (exact) mass is 315 g/mol. The highest BCUT2D eigenvalue weighted by molar-refractivity contribution is 6.00. The lowest BCUT2D eigenvalue weighted by Gasteiger charge is -2.08. The van der Waals surface area contributed by atoms with Crippen molar-refractivity contribution in [2.75, 3.05) is 0 Å². The number of hydrogen-bond donors (Lipinski definition) is 2. The molecule has 0 aliphatic rings. The lowest BCUT2D eigenvalue weighted by Crippen LogP contribution is -1.95. The quantitative estimate of drug-likeness (QED) is 0.750. The molecule has 2 N–H and O–H groups in total. The van der Waals surface area contributed by atoms with Gasteiger partial charge in [0.25, 0.3) is 0 Å². The molecule has 0 radical (unpaired) electrons. The van der Waals surface area contributed by atoms with Crippen LogP contribution >= 0.6 is 0 Å². The molecule has 0 unspecified atom stereocenters. The van der Waals surface area contributed by atoms with Gasteiger partial charge in [0.05, 0.1) is 5.69 Å². The van der Waals surface area contributed by atoms with Crippen molar-refractivity contribution < 1.29 is 14.6 Å². The van der Waals surface area contributed by atoms with E-state index in [2.05, 4.69) is 11.6 Å². The van der Waals surface area contributed by atoms with Gasteiger partial charge in [-0.15, -0.1) is 0 Å². The zero-order chi connectivity index (χ0) is 17.6. The summed E-state index contributed by atoms with van der Waals surface area (Å²) in [5.74, 6) is -0.991. The summed E-state index contributed by atoms with van der Waals surface area (Å²) in [5.41, 5.74) is 3.40. The SMILES string of the molecule is C=Cc1cc(O)cc(N=C(C)c2ccc(O)c(F)c2)c1C.CC. The Bertz CT molecular complexity index is 736. The smallest absolute Gasteiger partial charge is 0.165 e. The van der Waals surface area contributed by atoms with Crippen LogP contribution < -0.4 is 0 Å². The van der Waals surface area contributed by atoms with Crippen LogP contribution in [-0.2, 0) is 0 Å². The van der Waals surface area contributed by atoms with Crippen LogP contribution in [-0.4, -0.2) is 15.9 Å². The molecule has 23 heavy (non-hydrogen) atoms. The van der Waals surface area contributed by atoms with E-state index in [-0.39, 0.29) is 5.75 Å². The van der Waals surface area contributed by atoms with Gasteiger partial charge in [0.15, 0.2) is 11.6 Å². The second-order valence-corrected chi connectivity index (χ2v) is 4.75. The van der Waals surface area contributed by atoms with E-state index in [9.17, 15) is 14.6 Å². The summed E-state index contributed by atoms with van der Waals surface area (Å²) >= 11 is 0. The molecule has 122 valence electrons.